The number of aryl methyl sites for hydroxylation is 1. The smallest absolute Gasteiger partial charge is 0.225 e. The standard InChI is InChI=1S/C15H23N3O/c1-3-11-5-4-6-12(9-11)19-15-13(14(16)17)10(2)7-8-18-15/h7-8,11-12H,3-6,9H2,1-2H3,(H3,16,17). The molecule has 4 heteroatoms. The first kappa shape index (κ1) is 13.8. The Kier molecular flexibility index (Phi) is 4.40. The van der Waals surface area contributed by atoms with E-state index in [1.165, 1.54) is 19.3 Å². The van der Waals surface area contributed by atoms with E-state index < -0.39 is 0 Å². The Balaban J connectivity index is 2.14. The van der Waals surface area contributed by atoms with Gasteiger partial charge in [0.15, 0.2) is 0 Å². The number of ether oxygens (including phenoxy) is 1. The molecule has 0 radical (unpaired) electrons. The van der Waals surface area contributed by atoms with E-state index in [2.05, 4.69) is 11.9 Å². The van der Waals surface area contributed by atoms with Crippen LogP contribution < -0.4 is 10.5 Å². The van der Waals surface area contributed by atoms with Crippen LogP contribution >= 0.6 is 0 Å². The van der Waals surface area contributed by atoms with Crippen molar-refractivity contribution in [2.24, 2.45) is 11.7 Å². The Morgan fingerprint density at radius 3 is 3.00 bits per heavy atom. The number of nitrogen functional groups attached to an aromatic ring is 1. The van der Waals surface area contributed by atoms with Gasteiger partial charge in [-0.1, -0.05) is 19.8 Å². The number of aromatic nitrogens is 1. The van der Waals surface area contributed by atoms with E-state index in [9.17, 15) is 0 Å². The van der Waals surface area contributed by atoms with Gasteiger partial charge in [-0.2, -0.15) is 0 Å². The molecule has 2 rings (SSSR count). The number of hydrogen-bond donors (Lipinski definition) is 2. The highest BCUT2D eigenvalue weighted by Gasteiger charge is 2.24. The summed E-state index contributed by atoms with van der Waals surface area (Å²) in [4.78, 5) is 4.26. The second kappa shape index (κ2) is 6.04. The third-order valence-electron chi connectivity index (χ3n) is 3.98. The summed E-state index contributed by atoms with van der Waals surface area (Å²) in [7, 11) is 0. The van der Waals surface area contributed by atoms with Gasteiger partial charge >= 0.3 is 0 Å². The summed E-state index contributed by atoms with van der Waals surface area (Å²) < 4.78 is 6.03. The van der Waals surface area contributed by atoms with Crippen molar-refractivity contribution in [3.05, 3.63) is 23.4 Å². The summed E-state index contributed by atoms with van der Waals surface area (Å²) in [6, 6.07) is 1.86. The third kappa shape index (κ3) is 3.25. The van der Waals surface area contributed by atoms with Gasteiger partial charge in [0, 0.05) is 6.20 Å². The van der Waals surface area contributed by atoms with Crippen LogP contribution in [-0.4, -0.2) is 16.9 Å². The SMILES string of the molecule is CCC1CCCC(Oc2nccc(C)c2C(=N)N)C1. The number of nitrogens with one attached hydrogen (secondary N) is 1. The first-order chi connectivity index (χ1) is 9.11. The Bertz CT molecular complexity index is 459. The molecule has 1 heterocycles. The lowest BCUT2D eigenvalue weighted by Gasteiger charge is -2.29. The van der Waals surface area contributed by atoms with Crippen LogP contribution in [0.4, 0.5) is 0 Å². The van der Waals surface area contributed by atoms with Crippen molar-refractivity contribution < 1.29 is 4.74 Å². The van der Waals surface area contributed by atoms with Gasteiger partial charge in [-0.25, -0.2) is 4.98 Å². The summed E-state index contributed by atoms with van der Waals surface area (Å²) in [5.41, 5.74) is 7.22. The number of nitrogens with zero attached hydrogens (tertiary/aromatic N) is 1. The third-order valence-corrected chi connectivity index (χ3v) is 3.98. The molecule has 2 atom stereocenters. The van der Waals surface area contributed by atoms with Crippen molar-refractivity contribution in [2.45, 2.75) is 52.1 Å². The molecule has 104 valence electrons. The summed E-state index contributed by atoms with van der Waals surface area (Å²) in [6.07, 6.45) is 7.82. The van der Waals surface area contributed by atoms with Crippen molar-refractivity contribution >= 4 is 5.84 Å². The number of nitrogens with two attached hydrogens (primary N) is 1. The maximum atomic E-state index is 7.67. The molecule has 19 heavy (non-hydrogen) atoms. The molecule has 0 spiro atoms. The van der Waals surface area contributed by atoms with Crippen LogP contribution in [0.5, 0.6) is 5.88 Å². The monoisotopic (exact) mass is 261 g/mol. The Hall–Kier alpha value is -1.58. The second-order valence-corrected chi connectivity index (χ2v) is 5.40. The zero-order valence-electron chi connectivity index (χ0n) is 11.8. The molecule has 1 fully saturated rings. The Labute approximate surface area is 114 Å². The van der Waals surface area contributed by atoms with E-state index in [1.54, 1.807) is 6.20 Å². The van der Waals surface area contributed by atoms with Crippen LogP contribution in [0, 0.1) is 18.3 Å². The zero-order valence-corrected chi connectivity index (χ0v) is 11.8. The molecular weight excluding hydrogens is 238 g/mol. The van der Waals surface area contributed by atoms with Crippen LogP contribution in [0.2, 0.25) is 0 Å². The fraction of sp³-hybridized carbons (Fsp3) is 0.600. The summed E-state index contributed by atoms with van der Waals surface area (Å²) in [5.74, 6) is 1.31. The molecule has 0 aliphatic heterocycles. The second-order valence-electron chi connectivity index (χ2n) is 5.40. The van der Waals surface area contributed by atoms with Crippen LogP contribution in [0.1, 0.15) is 50.2 Å². The Morgan fingerprint density at radius 2 is 2.32 bits per heavy atom. The summed E-state index contributed by atoms with van der Waals surface area (Å²) in [5, 5.41) is 7.67. The van der Waals surface area contributed by atoms with E-state index >= 15 is 0 Å². The molecule has 1 saturated carbocycles. The summed E-state index contributed by atoms with van der Waals surface area (Å²) in [6.45, 7) is 4.17. The quantitative estimate of drug-likeness (QED) is 0.646. The molecule has 3 N–H and O–H groups in total. The largest absolute Gasteiger partial charge is 0.474 e. The molecule has 1 aromatic rings. The average Bonchev–Trinajstić information content (AvgIpc) is 2.38. The number of pyridine rings is 1. The van der Waals surface area contributed by atoms with Crippen LogP contribution in [0.3, 0.4) is 0 Å². The lowest BCUT2D eigenvalue weighted by molar-refractivity contribution is 0.117. The van der Waals surface area contributed by atoms with Crippen molar-refractivity contribution in [1.29, 1.82) is 5.41 Å². The molecule has 1 aliphatic rings. The van der Waals surface area contributed by atoms with Crippen molar-refractivity contribution in [1.82, 2.24) is 4.98 Å². The van der Waals surface area contributed by atoms with Gasteiger partial charge in [-0.05, 0) is 43.7 Å². The molecule has 0 saturated heterocycles. The summed E-state index contributed by atoms with van der Waals surface area (Å²) >= 11 is 0. The normalized spacial score (nSPS) is 23.1. The first-order valence-corrected chi connectivity index (χ1v) is 7.08. The molecule has 0 bridgehead atoms. The fourth-order valence-corrected chi connectivity index (χ4v) is 2.83. The van der Waals surface area contributed by atoms with E-state index in [0.717, 1.165) is 24.3 Å². The van der Waals surface area contributed by atoms with E-state index in [4.69, 9.17) is 15.9 Å². The molecular formula is C15H23N3O. The van der Waals surface area contributed by atoms with Gasteiger partial charge in [0.2, 0.25) is 5.88 Å². The minimum absolute atomic E-state index is 0.0310. The molecule has 2 unspecified atom stereocenters. The molecule has 1 aliphatic carbocycles. The van der Waals surface area contributed by atoms with Crippen LogP contribution in [0.25, 0.3) is 0 Å². The minimum atomic E-state index is 0.0310. The molecule has 0 amide bonds. The highest BCUT2D eigenvalue weighted by atomic mass is 16.5. The van der Waals surface area contributed by atoms with Crippen molar-refractivity contribution in [2.75, 3.05) is 0 Å². The fourth-order valence-electron chi connectivity index (χ4n) is 2.83. The van der Waals surface area contributed by atoms with Gasteiger partial charge in [0.25, 0.3) is 0 Å². The lowest BCUT2D eigenvalue weighted by atomic mass is 9.85. The lowest BCUT2D eigenvalue weighted by Crippen LogP contribution is -2.27. The molecule has 0 aromatic carbocycles. The number of rotatable bonds is 4. The van der Waals surface area contributed by atoms with E-state index in [-0.39, 0.29) is 11.9 Å². The maximum absolute atomic E-state index is 7.67. The van der Waals surface area contributed by atoms with Gasteiger partial charge in [-0.15, -0.1) is 0 Å². The first-order valence-electron chi connectivity index (χ1n) is 7.08. The van der Waals surface area contributed by atoms with Gasteiger partial charge < -0.3 is 10.5 Å². The predicted molar refractivity (Wildman–Crippen MR) is 76.7 cm³/mol. The molecule has 4 nitrogen and oxygen atoms in total. The average molecular weight is 261 g/mol. The van der Waals surface area contributed by atoms with Gasteiger partial charge in [0.05, 0.1) is 5.56 Å². The Morgan fingerprint density at radius 1 is 1.53 bits per heavy atom. The van der Waals surface area contributed by atoms with Crippen LogP contribution in [-0.2, 0) is 0 Å². The van der Waals surface area contributed by atoms with Gasteiger partial charge in [0.1, 0.15) is 11.9 Å². The minimum Gasteiger partial charge on any atom is -0.474 e. The zero-order chi connectivity index (χ0) is 13.8. The van der Waals surface area contributed by atoms with E-state index in [0.29, 0.717) is 11.4 Å². The topological polar surface area (TPSA) is 72.0 Å². The van der Waals surface area contributed by atoms with Crippen molar-refractivity contribution in [3.63, 3.8) is 0 Å². The number of hydrogen-bond acceptors (Lipinski definition) is 3. The maximum Gasteiger partial charge on any atom is 0.225 e. The highest BCUT2D eigenvalue weighted by molar-refractivity contribution is 5.98. The predicted octanol–water partition coefficient (Wildman–Crippen LogP) is 3.02. The molecule has 1 aromatic heterocycles. The van der Waals surface area contributed by atoms with Crippen LogP contribution in [0.15, 0.2) is 12.3 Å². The van der Waals surface area contributed by atoms with Gasteiger partial charge in [-0.3, -0.25) is 5.41 Å². The number of amidine groups is 1. The van der Waals surface area contributed by atoms with E-state index in [1.807, 2.05) is 13.0 Å². The van der Waals surface area contributed by atoms with Crippen molar-refractivity contribution in [3.8, 4) is 5.88 Å². The highest BCUT2D eigenvalue weighted by Crippen LogP contribution is 2.30.